The lowest BCUT2D eigenvalue weighted by Crippen LogP contribution is -2.10. The molecule has 9 heteroatoms. The maximum Gasteiger partial charge on any atom is 0.291 e. The van der Waals surface area contributed by atoms with Gasteiger partial charge in [0.15, 0.2) is 11.3 Å². The molecule has 0 atom stereocenters. The Morgan fingerprint density at radius 1 is 0.941 bits per heavy atom. The van der Waals surface area contributed by atoms with Gasteiger partial charge in [-0.05, 0) is 66.7 Å². The summed E-state index contributed by atoms with van der Waals surface area (Å²) in [6, 6.07) is 17.7. The van der Waals surface area contributed by atoms with E-state index in [9.17, 15) is 9.18 Å². The van der Waals surface area contributed by atoms with E-state index in [-0.39, 0.29) is 10.8 Å². The van der Waals surface area contributed by atoms with E-state index in [0.717, 1.165) is 0 Å². The summed E-state index contributed by atoms with van der Waals surface area (Å²) in [6.45, 7) is 0. The maximum absolute atomic E-state index is 13.4. The molecule has 1 amide bonds. The number of nitrogens with one attached hydrogen (secondary N) is 1. The van der Waals surface area contributed by atoms with Crippen LogP contribution in [0.3, 0.4) is 0 Å². The average molecular weight is 497 g/mol. The van der Waals surface area contributed by atoms with Crippen LogP contribution in [0.2, 0.25) is 10.0 Å². The van der Waals surface area contributed by atoms with Gasteiger partial charge >= 0.3 is 0 Å². The van der Waals surface area contributed by atoms with Gasteiger partial charge in [-0.3, -0.25) is 4.79 Å². The highest BCUT2D eigenvalue weighted by Crippen LogP contribution is 2.32. The van der Waals surface area contributed by atoms with Crippen LogP contribution in [0.25, 0.3) is 33.9 Å². The molecule has 34 heavy (non-hydrogen) atoms. The lowest BCUT2D eigenvalue weighted by molar-refractivity contribution is 0.0997. The Morgan fingerprint density at radius 2 is 1.74 bits per heavy atom. The maximum atomic E-state index is 13.4. The summed E-state index contributed by atoms with van der Waals surface area (Å²) in [5, 5.41) is 3.18. The normalized spacial score (nSPS) is 11.1. The molecule has 0 unspecified atom stereocenters. The van der Waals surface area contributed by atoms with Crippen LogP contribution in [-0.2, 0) is 0 Å². The third-order valence-corrected chi connectivity index (χ3v) is 5.66. The van der Waals surface area contributed by atoms with E-state index >= 15 is 0 Å². The van der Waals surface area contributed by atoms with Crippen molar-refractivity contribution in [1.29, 1.82) is 0 Å². The number of nitrogens with zero attached hydrogens (tertiary/aromatic N) is 1. The number of fused-ring (bicyclic) bond motifs is 1. The summed E-state index contributed by atoms with van der Waals surface area (Å²) in [6.07, 6.45) is 0. The van der Waals surface area contributed by atoms with Crippen molar-refractivity contribution < 1.29 is 22.8 Å². The molecule has 0 saturated carbocycles. The predicted molar refractivity (Wildman–Crippen MR) is 128 cm³/mol. The molecule has 2 aromatic heterocycles. The molecule has 170 valence electrons. The predicted octanol–water partition coefficient (Wildman–Crippen LogP) is 7.46. The minimum Gasteiger partial charge on any atom is -0.495 e. The number of anilines is 1. The molecule has 0 spiro atoms. The average Bonchev–Trinajstić information content (AvgIpc) is 3.48. The monoisotopic (exact) mass is 496 g/mol. The van der Waals surface area contributed by atoms with Crippen LogP contribution in [0, 0.1) is 5.82 Å². The first-order chi connectivity index (χ1) is 16.4. The van der Waals surface area contributed by atoms with Crippen molar-refractivity contribution in [3.63, 3.8) is 0 Å². The summed E-state index contributed by atoms with van der Waals surface area (Å²) in [7, 11) is 1.54. The van der Waals surface area contributed by atoms with Gasteiger partial charge in [0.1, 0.15) is 22.8 Å². The minimum absolute atomic E-state index is 0.0305. The smallest absolute Gasteiger partial charge is 0.291 e. The first-order valence-corrected chi connectivity index (χ1v) is 10.8. The van der Waals surface area contributed by atoms with Gasteiger partial charge in [-0.15, -0.1) is 0 Å². The summed E-state index contributed by atoms with van der Waals surface area (Å²) >= 11 is 12.0. The molecule has 1 N–H and O–H groups in total. The van der Waals surface area contributed by atoms with E-state index in [2.05, 4.69) is 10.3 Å². The molecule has 2 heterocycles. The van der Waals surface area contributed by atoms with E-state index in [0.29, 0.717) is 50.3 Å². The van der Waals surface area contributed by atoms with Gasteiger partial charge in [0.25, 0.3) is 5.91 Å². The molecule has 0 saturated heterocycles. The fraction of sp³-hybridized carbons (Fsp3) is 0.0400. The molecular weight excluding hydrogens is 482 g/mol. The number of carbonyl (C=O) groups is 1. The standard InChI is InChI=1S/C25H15Cl2FN2O4/c1-32-21-6-3-14(11-17(21)27)25-30-19-12-15(4-7-22(19)34-25)29-24(31)23-9-8-20(33-23)13-2-5-18(28)16(26)10-13/h2-12H,1H3,(H,29,31). The van der Waals surface area contributed by atoms with Crippen LogP contribution in [0.5, 0.6) is 5.75 Å². The van der Waals surface area contributed by atoms with E-state index in [1.807, 2.05) is 0 Å². The van der Waals surface area contributed by atoms with E-state index in [1.54, 1.807) is 42.5 Å². The molecular formula is C25H15Cl2FN2O4. The Kier molecular flexibility index (Phi) is 5.73. The molecule has 0 bridgehead atoms. The molecule has 6 nitrogen and oxygen atoms in total. The van der Waals surface area contributed by atoms with Gasteiger partial charge in [0, 0.05) is 16.8 Å². The fourth-order valence-corrected chi connectivity index (χ4v) is 3.82. The Morgan fingerprint density at radius 3 is 2.50 bits per heavy atom. The third kappa shape index (κ3) is 4.23. The quantitative estimate of drug-likeness (QED) is 0.273. The molecule has 3 aromatic carbocycles. The number of benzene rings is 3. The number of halogens is 3. The topological polar surface area (TPSA) is 77.5 Å². The number of methoxy groups -OCH3 is 1. The van der Waals surface area contributed by atoms with Crippen LogP contribution < -0.4 is 10.1 Å². The van der Waals surface area contributed by atoms with Crippen LogP contribution in [0.1, 0.15) is 10.6 Å². The summed E-state index contributed by atoms with van der Waals surface area (Å²) in [5.74, 6) is 0.429. The van der Waals surface area contributed by atoms with Gasteiger partial charge in [0.05, 0.1) is 17.2 Å². The van der Waals surface area contributed by atoms with Crippen molar-refractivity contribution in [1.82, 2.24) is 4.98 Å². The van der Waals surface area contributed by atoms with Crippen LogP contribution in [-0.4, -0.2) is 18.0 Å². The van der Waals surface area contributed by atoms with Gasteiger partial charge in [-0.25, -0.2) is 9.37 Å². The van der Waals surface area contributed by atoms with Crippen molar-refractivity contribution in [3.05, 3.63) is 88.4 Å². The van der Waals surface area contributed by atoms with Crippen molar-refractivity contribution in [2.45, 2.75) is 0 Å². The van der Waals surface area contributed by atoms with Crippen LogP contribution in [0.15, 0.2) is 75.6 Å². The summed E-state index contributed by atoms with van der Waals surface area (Å²) in [5.41, 5.74) is 2.86. The molecule has 0 aliphatic rings. The Labute approximate surface area is 202 Å². The molecule has 5 aromatic rings. The number of oxazole rings is 1. The highest BCUT2D eigenvalue weighted by Gasteiger charge is 2.15. The van der Waals surface area contributed by atoms with Gasteiger partial charge in [-0.2, -0.15) is 0 Å². The summed E-state index contributed by atoms with van der Waals surface area (Å²) < 4.78 is 30.0. The fourth-order valence-electron chi connectivity index (χ4n) is 3.39. The second kappa shape index (κ2) is 8.85. The zero-order valence-electron chi connectivity index (χ0n) is 17.6. The Bertz CT molecular complexity index is 1540. The van der Waals surface area contributed by atoms with Crippen molar-refractivity contribution in [3.8, 4) is 28.5 Å². The van der Waals surface area contributed by atoms with Crippen LogP contribution >= 0.6 is 23.2 Å². The highest BCUT2D eigenvalue weighted by molar-refractivity contribution is 6.32. The number of hydrogen-bond acceptors (Lipinski definition) is 5. The van der Waals surface area contributed by atoms with Crippen LogP contribution in [0.4, 0.5) is 10.1 Å². The number of furan rings is 1. The number of aromatic nitrogens is 1. The molecule has 0 aliphatic carbocycles. The largest absolute Gasteiger partial charge is 0.495 e. The van der Waals surface area contributed by atoms with Crippen molar-refractivity contribution in [2.24, 2.45) is 0 Å². The highest BCUT2D eigenvalue weighted by atomic mass is 35.5. The second-order valence-corrected chi connectivity index (χ2v) is 8.11. The van der Waals surface area contributed by atoms with Gasteiger partial charge in [-0.1, -0.05) is 23.2 Å². The number of amides is 1. The number of hydrogen-bond donors (Lipinski definition) is 1. The zero-order valence-corrected chi connectivity index (χ0v) is 19.1. The molecule has 5 rings (SSSR count). The SMILES string of the molecule is COc1ccc(-c2nc3cc(NC(=O)c4ccc(-c5ccc(F)c(Cl)c5)o4)ccc3o2)cc1Cl. The third-order valence-electron chi connectivity index (χ3n) is 5.08. The first kappa shape index (κ1) is 22.0. The van der Waals surface area contributed by atoms with Gasteiger partial charge in [0.2, 0.25) is 5.89 Å². The number of carbonyl (C=O) groups excluding carboxylic acids is 1. The molecule has 0 fully saturated rings. The second-order valence-electron chi connectivity index (χ2n) is 7.30. The summed E-state index contributed by atoms with van der Waals surface area (Å²) in [4.78, 5) is 17.2. The zero-order chi connectivity index (χ0) is 23.8. The Hall–Kier alpha value is -3.81. The lowest BCUT2D eigenvalue weighted by atomic mass is 10.2. The van der Waals surface area contributed by atoms with Crippen molar-refractivity contribution in [2.75, 3.05) is 12.4 Å². The minimum atomic E-state index is -0.531. The molecule has 0 radical (unpaired) electrons. The van der Waals surface area contributed by atoms with Crippen molar-refractivity contribution >= 4 is 45.9 Å². The van der Waals surface area contributed by atoms with Gasteiger partial charge < -0.3 is 18.9 Å². The number of ether oxygens (including phenoxy) is 1. The lowest BCUT2D eigenvalue weighted by Gasteiger charge is -2.03. The van der Waals surface area contributed by atoms with E-state index < -0.39 is 11.7 Å². The van der Waals surface area contributed by atoms with E-state index in [4.69, 9.17) is 36.8 Å². The number of rotatable bonds is 5. The first-order valence-electron chi connectivity index (χ1n) is 10.0. The molecule has 0 aliphatic heterocycles. The Balaban J connectivity index is 1.36. The van der Waals surface area contributed by atoms with E-state index in [1.165, 1.54) is 31.4 Å².